The molecule has 2 atom stereocenters. The molecule has 152 valence electrons. The zero-order valence-corrected chi connectivity index (χ0v) is 17.2. The minimum atomic E-state index is -1.09. The predicted octanol–water partition coefficient (Wildman–Crippen LogP) is 3.46. The molecule has 1 saturated carbocycles. The van der Waals surface area contributed by atoms with Crippen LogP contribution in [0.3, 0.4) is 0 Å². The number of thioether (sulfide) groups is 1. The SMILES string of the molecule is Cc1cccc(S[C@@H]2C[C@@H](C(=O)O)N(C(=O)C3(c4ncc(Cl)cc4F)CC3)C2)n1. The van der Waals surface area contributed by atoms with E-state index in [0.29, 0.717) is 19.3 Å². The van der Waals surface area contributed by atoms with Crippen LogP contribution in [0.15, 0.2) is 35.5 Å². The van der Waals surface area contributed by atoms with Crippen LogP contribution >= 0.6 is 23.4 Å². The third-order valence-electron chi connectivity index (χ3n) is 5.38. The van der Waals surface area contributed by atoms with Gasteiger partial charge < -0.3 is 10.0 Å². The summed E-state index contributed by atoms with van der Waals surface area (Å²) in [6, 6.07) is 5.84. The minimum Gasteiger partial charge on any atom is -0.480 e. The Kier molecular flexibility index (Phi) is 5.25. The molecule has 0 spiro atoms. The molecule has 0 unspecified atom stereocenters. The fourth-order valence-corrected chi connectivity index (χ4v) is 5.17. The lowest BCUT2D eigenvalue weighted by atomic mass is 9.98. The number of likely N-dealkylation sites (tertiary alicyclic amines) is 1. The van der Waals surface area contributed by atoms with E-state index in [0.717, 1.165) is 16.8 Å². The lowest BCUT2D eigenvalue weighted by molar-refractivity contribution is -0.149. The molecule has 1 amide bonds. The summed E-state index contributed by atoms with van der Waals surface area (Å²) in [7, 11) is 0. The van der Waals surface area contributed by atoms with Gasteiger partial charge in [-0.25, -0.2) is 14.2 Å². The summed E-state index contributed by atoms with van der Waals surface area (Å²) in [5.41, 5.74) is -0.173. The van der Waals surface area contributed by atoms with Gasteiger partial charge in [0.15, 0.2) is 0 Å². The fourth-order valence-electron chi connectivity index (χ4n) is 3.81. The Labute approximate surface area is 176 Å². The number of hydrogen-bond acceptors (Lipinski definition) is 5. The number of carbonyl (C=O) groups is 2. The Bertz CT molecular complexity index is 985. The van der Waals surface area contributed by atoms with Crippen molar-refractivity contribution in [3.63, 3.8) is 0 Å². The standard InChI is InChI=1S/C20H19ClFN3O3S/c1-11-3-2-4-16(24-11)29-13-8-15(18(26)27)25(10-13)19(28)20(5-6-20)17-14(22)7-12(21)9-23-17/h2-4,7,9,13,15H,5-6,8,10H2,1H3,(H,26,27)/t13-,15+/m1/s1. The number of pyridine rings is 2. The monoisotopic (exact) mass is 435 g/mol. The van der Waals surface area contributed by atoms with E-state index in [1.807, 2.05) is 25.1 Å². The van der Waals surface area contributed by atoms with Crippen molar-refractivity contribution in [3.05, 3.63) is 52.7 Å². The maximum atomic E-state index is 14.4. The number of halogens is 2. The maximum absolute atomic E-state index is 14.4. The molecule has 29 heavy (non-hydrogen) atoms. The highest BCUT2D eigenvalue weighted by Gasteiger charge is 2.58. The lowest BCUT2D eigenvalue weighted by Gasteiger charge is -2.26. The molecule has 0 bridgehead atoms. The summed E-state index contributed by atoms with van der Waals surface area (Å²) >= 11 is 7.25. The fraction of sp³-hybridized carbons (Fsp3) is 0.400. The van der Waals surface area contributed by atoms with Crippen molar-refractivity contribution in [1.82, 2.24) is 14.9 Å². The summed E-state index contributed by atoms with van der Waals surface area (Å²) in [5, 5.41) is 10.5. The summed E-state index contributed by atoms with van der Waals surface area (Å²) in [6.45, 7) is 2.16. The first kappa shape index (κ1) is 20.1. The van der Waals surface area contributed by atoms with E-state index in [1.54, 1.807) is 0 Å². The van der Waals surface area contributed by atoms with Crippen molar-refractivity contribution in [3.8, 4) is 0 Å². The summed E-state index contributed by atoms with van der Waals surface area (Å²) < 4.78 is 14.4. The minimum absolute atomic E-state index is 0.0486. The summed E-state index contributed by atoms with van der Waals surface area (Å²) in [5.74, 6) is -2.07. The number of amides is 1. The van der Waals surface area contributed by atoms with Crippen LogP contribution in [0, 0.1) is 12.7 Å². The highest BCUT2D eigenvalue weighted by Crippen LogP contribution is 2.51. The Hall–Kier alpha value is -2.19. The van der Waals surface area contributed by atoms with Gasteiger partial charge in [0.05, 0.1) is 21.2 Å². The topological polar surface area (TPSA) is 83.4 Å². The van der Waals surface area contributed by atoms with Crippen molar-refractivity contribution in [2.24, 2.45) is 0 Å². The van der Waals surface area contributed by atoms with Crippen molar-refractivity contribution < 1.29 is 19.1 Å². The molecule has 9 heteroatoms. The number of carboxylic acids is 1. The van der Waals surface area contributed by atoms with Gasteiger partial charge in [-0.1, -0.05) is 17.7 Å². The average Bonchev–Trinajstić information content (AvgIpc) is 3.34. The van der Waals surface area contributed by atoms with Crippen molar-refractivity contribution in [2.45, 2.75) is 47.9 Å². The molecule has 2 fully saturated rings. The summed E-state index contributed by atoms with van der Waals surface area (Å²) in [4.78, 5) is 35.0. The van der Waals surface area contributed by atoms with Crippen molar-refractivity contribution in [1.29, 1.82) is 0 Å². The Balaban J connectivity index is 1.57. The van der Waals surface area contributed by atoms with Gasteiger partial charge in [0, 0.05) is 23.7 Å². The predicted molar refractivity (Wildman–Crippen MR) is 106 cm³/mol. The van der Waals surface area contributed by atoms with Crippen LogP contribution in [0.1, 0.15) is 30.7 Å². The number of hydrogen-bond donors (Lipinski definition) is 1. The van der Waals surface area contributed by atoms with E-state index in [9.17, 15) is 19.1 Å². The number of nitrogens with zero attached hydrogens (tertiary/aromatic N) is 3. The quantitative estimate of drug-likeness (QED) is 0.774. The molecule has 0 radical (unpaired) electrons. The van der Waals surface area contributed by atoms with E-state index in [-0.39, 0.29) is 28.4 Å². The van der Waals surface area contributed by atoms with Crippen molar-refractivity contribution in [2.75, 3.05) is 6.54 Å². The van der Waals surface area contributed by atoms with Crippen LogP contribution in [-0.4, -0.2) is 49.7 Å². The van der Waals surface area contributed by atoms with Gasteiger partial charge in [-0.3, -0.25) is 9.78 Å². The second kappa shape index (κ2) is 7.57. The van der Waals surface area contributed by atoms with Crippen LogP contribution in [0.5, 0.6) is 0 Å². The second-order valence-corrected chi connectivity index (χ2v) is 9.23. The third-order valence-corrected chi connectivity index (χ3v) is 6.73. The van der Waals surface area contributed by atoms with Gasteiger partial charge in [0.1, 0.15) is 11.9 Å². The van der Waals surface area contributed by atoms with Gasteiger partial charge in [-0.15, -0.1) is 11.8 Å². The third kappa shape index (κ3) is 3.83. The average molecular weight is 436 g/mol. The second-order valence-electron chi connectivity index (χ2n) is 7.47. The molecule has 2 aliphatic rings. The van der Waals surface area contributed by atoms with E-state index in [1.165, 1.54) is 22.9 Å². The van der Waals surface area contributed by atoms with Gasteiger partial charge in [-0.05, 0) is 44.4 Å². The van der Waals surface area contributed by atoms with Gasteiger partial charge in [0.25, 0.3) is 0 Å². The van der Waals surface area contributed by atoms with E-state index in [2.05, 4.69) is 9.97 Å². The van der Waals surface area contributed by atoms with Crippen LogP contribution in [0.2, 0.25) is 5.02 Å². The van der Waals surface area contributed by atoms with Crippen LogP contribution in [0.4, 0.5) is 4.39 Å². The molecule has 6 nitrogen and oxygen atoms in total. The number of rotatable bonds is 5. The molecule has 1 aliphatic heterocycles. The smallest absolute Gasteiger partial charge is 0.326 e. The van der Waals surface area contributed by atoms with E-state index < -0.39 is 23.2 Å². The first-order valence-electron chi connectivity index (χ1n) is 9.26. The lowest BCUT2D eigenvalue weighted by Crippen LogP contribution is -2.46. The van der Waals surface area contributed by atoms with Gasteiger partial charge >= 0.3 is 5.97 Å². The Morgan fingerprint density at radius 3 is 2.76 bits per heavy atom. The number of carboxylic acid groups (broad SMARTS) is 1. The molecular weight excluding hydrogens is 417 g/mol. The molecular formula is C20H19ClFN3O3S. The normalized spacial score (nSPS) is 22.5. The van der Waals surface area contributed by atoms with Gasteiger partial charge in [0.2, 0.25) is 5.91 Å². The van der Waals surface area contributed by atoms with E-state index in [4.69, 9.17) is 11.6 Å². The molecule has 2 aromatic rings. The number of aliphatic carboxylic acids is 1. The zero-order valence-electron chi connectivity index (χ0n) is 15.6. The summed E-state index contributed by atoms with van der Waals surface area (Å²) in [6.07, 6.45) is 2.51. The van der Waals surface area contributed by atoms with Crippen molar-refractivity contribution >= 4 is 35.2 Å². The first-order chi connectivity index (χ1) is 13.8. The van der Waals surface area contributed by atoms with E-state index >= 15 is 0 Å². The Morgan fingerprint density at radius 1 is 1.38 bits per heavy atom. The number of aryl methyl sites for hydroxylation is 1. The molecule has 4 rings (SSSR count). The highest BCUT2D eigenvalue weighted by molar-refractivity contribution is 7.99. The first-order valence-corrected chi connectivity index (χ1v) is 10.5. The van der Waals surface area contributed by atoms with Gasteiger partial charge in [-0.2, -0.15) is 0 Å². The molecule has 1 N–H and O–H groups in total. The van der Waals surface area contributed by atoms with Crippen LogP contribution in [-0.2, 0) is 15.0 Å². The van der Waals surface area contributed by atoms with Crippen LogP contribution in [0.25, 0.3) is 0 Å². The number of carbonyl (C=O) groups excluding carboxylic acids is 1. The number of aromatic nitrogens is 2. The Morgan fingerprint density at radius 2 is 2.14 bits per heavy atom. The zero-order chi connectivity index (χ0) is 20.8. The maximum Gasteiger partial charge on any atom is 0.326 e. The molecule has 1 saturated heterocycles. The molecule has 2 aromatic heterocycles. The largest absolute Gasteiger partial charge is 0.480 e. The molecule has 0 aromatic carbocycles. The van der Waals surface area contributed by atoms with Crippen LogP contribution < -0.4 is 0 Å². The molecule has 1 aliphatic carbocycles. The highest BCUT2D eigenvalue weighted by atomic mass is 35.5. The molecule has 3 heterocycles.